The Morgan fingerprint density at radius 3 is 2.55 bits per heavy atom. The number of nitrogens with one attached hydrogen (secondary N) is 2. The number of hydrogen-bond acceptors (Lipinski definition) is 4. The van der Waals surface area contributed by atoms with Crippen LogP contribution < -0.4 is 15.4 Å². The first-order valence-electron chi connectivity index (χ1n) is 11.6. The zero-order valence-electron chi connectivity index (χ0n) is 19.5. The summed E-state index contributed by atoms with van der Waals surface area (Å²) >= 11 is 4.73. The Balaban J connectivity index is 1.68. The number of hydrogen-bond donors (Lipinski definition) is 3. The number of rotatable bonds is 10. The number of benzene rings is 2. The van der Waals surface area contributed by atoms with Crippen molar-refractivity contribution in [1.29, 1.82) is 0 Å². The minimum Gasteiger partial charge on any atom is -0.493 e. The van der Waals surface area contributed by atoms with Crippen molar-refractivity contribution in [3.63, 3.8) is 0 Å². The highest BCUT2D eigenvalue weighted by molar-refractivity contribution is 7.81. The van der Waals surface area contributed by atoms with Gasteiger partial charge in [0.2, 0.25) is 5.91 Å². The van der Waals surface area contributed by atoms with Crippen molar-refractivity contribution in [2.45, 2.75) is 63.8 Å². The van der Waals surface area contributed by atoms with Gasteiger partial charge in [-0.3, -0.25) is 4.79 Å². The Bertz CT molecular complexity index is 934. The number of amides is 1. The van der Waals surface area contributed by atoms with Gasteiger partial charge in [-0.1, -0.05) is 26.0 Å². The molecule has 1 aliphatic heterocycles. The second-order valence-corrected chi connectivity index (χ2v) is 9.92. The molecule has 1 aliphatic rings. The lowest BCUT2D eigenvalue weighted by Gasteiger charge is -2.30. The third-order valence-electron chi connectivity index (χ3n) is 5.93. The van der Waals surface area contributed by atoms with E-state index in [-0.39, 0.29) is 29.7 Å². The average Bonchev–Trinajstić information content (AvgIpc) is 2.74. The van der Waals surface area contributed by atoms with Crippen molar-refractivity contribution in [3.05, 3.63) is 64.7 Å². The molecule has 0 saturated carbocycles. The topological polar surface area (TPSA) is 50.4 Å². The average molecular weight is 477 g/mol. The molecule has 2 N–H and O–H groups in total. The largest absolute Gasteiger partial charge is 0.493 e. The molecule has 1 amide bonds. The quantitative estimate of drug-likeness (QED) is 0.423. The molecule has 2 aromatic carbocycles. The number of ether oxygens (including phenoxy) is 1. The molecule has 0 fully saturated rings. The minimum atomic E-state index is -0.632. The van der Waals surface area contributed by atoms with Gasteiger partial charge in [-0.05, 0) is 54.5 Å². The summed E-state index contributed by atoms with van der Waals surface area (Å²) in [4.78, 5) is 11.8. The molecular formula is C26H34F2N2O2S. The van der Waals surface area contributed by atoms with Crippen LogP contribution in [0.3, 0.4) is 0 Å². The summed E-state index contributed by atoms with van der Waals surface area (Å²) in [6.07, 6.45) is 3.28. The van der Waals surface area contributed by atoms with E-state index < -0.39 is 11.6 Å². The monoisotopic (exact) mass is 476 g/mol. The summed E-state index contributed by atoms with van der Waals surface area (Å²) in [6, 6.07) is 9.57. The third-order valence-corrected chi connectivity index (χ3v) is 6.47. The maximum atomic E-state index is 13.6. The second-order valence-electron chi connectivity index (χ2n) is 9.26. The molecule has 0 spiro atoms. The maximum absolute atomic E-state index is 13.6. The Hall–Kier alpha value is -2.12. The van der Waals surface area contributed by atoms with E-state index in [9.17, 15) is 13.6 Å². The molecule has 0 radical (unpaired) electrons. The number of thiol groups is 1. The van der Waals surface area contributed by atoms with Gasteiger partial charge in [0.1, 0.15) is 17.4 Å². The van der Waals surface area contributed by atoms with Gasteiger partial charge in [0.05, 0.1) is 6.61 Å². The van der Waals surface area contributed by atoms with Crippen LogP contribution in [0, 0.1) is 17.6 Å². The molecule has 7 heteroatoms. The van der Waals surface area contributed by atoms with Crippen molar-refractivity contribution in [1.82, 2.24) is 10.6 Å². The first-order chi connectivity index (χ1) is 15.7. The lowest BCUT2D eigenvalue weighted by atomic mass is 9.95. The molecule has 33 heavy (non-hydrogen) atoms. The fraction of sp³-hybridized carbons (Fsp3) is 0.500. The Morgan fingerprint density at radius 2 is 1.88 bits per heavy atom. The Labute approximate surface area is 200 Å². The van der Waals surface area contributed by atoms with Gasteiger partial charge in [-0.25, -0.2) is 8.78 Å². The highest BCUT2D eigenvalue weighted by Crippen LogP contribution is 2.33. The third kappa shape index (κ3) is 7.71. The summed E-state index contributed by atoms with van der Waals surface area (Å²) in [5, 5.41) is 6.21. The molecule has 3 atom stereocenters. The predicted octanol–water partition coefficient (Wildman–Crippen LogP) is 5.01. The molecule has 4 nitrogen and oxygen atoms in total. The fourth-order valence-corrected chi connectivity index (χ4v) is 4.48. The SMILES string of the molecule is CC(=O)N[C@@H](Cc1cc(F)cc(F)c1)[C@@H](S)CN[C@H]1CCOc2ccc(CCC(C)C)cc21. The van der Waals surface area contributed by atoms with Crippen molar-refractivity contribution >= 4 is 18.5 Å². The summed E-state index contributed by atoms with van der Waals surface area (Å²) in [7, 11) is 0. The van der Waals surface area contributed by atoms with E-state index in [4.69, 9.17) is 17.4 Å². The molecular weight excluding hydrogens is 442 g/mol. The van der Waals surface area contributed by atoms with Gasteiger partial charge < -0.3 is 15.4 Å². The van der Waals surface area contributed by atoms with E-state index in [1.54, 1.807) is 0 Å². The maximum Gasteiger partial charge on any atom is 0.217 e. The number of aryl methyl sites for hydroxylation is 1. The zero-order chi connectivity index (χ0) is 24.0. The van der Waals surface area contributed by atoms with Crippen molar-refractivity contribution in [3.8, 4) is 5.75 Å². The lowest BCUT2D eigenvalue weighted by Crippen LogP contribution is -2.46. The number of fused-ring (bicyclic) bond motifs is 1. The molecule has 0 aliphatic carbocycles. The van der Waals surface area contributed by atoms with Crippen LogP contribution in [0.4, 0.5) is 8.78 Å². The van der Waals surface area contributed by atoms with Crippen molar-refractivity contribution in [2.24, 2.45) is 5.92 Å². The summed E-state index contributed by atoms with van der Waals surface area (Å²) < 4.78 is 33.1. The van der Waals surface area contributed by atoms with Gasteiger partial charge in [0.15, 0.2) is 0 Å². The van der Waals surface area contributed by atoms with Gasteiger partial charge in [0.25, 0.3) is 0 Å². The normalized spacial score (nSPS) is 17.2. The molecule has 1 heterocycles. The van der Waals surface area contributed by atoms with Crippen LogP contribution in [0.2, 0.25) is 0 Å². The first kappa shape index (κ1) is 25.5. The van der Waals surface area contributed by atoms with Crippen LogP contribution >= 0.6 is 12.6 Å². The lowest BCUT2D eigenvalue weighted by molar-refractivity contribution is -0.119. The van der Waals surface area contributed by atoms with Gasteiger partial charge in [0, 0.05) is 48.9 Å². The molecule has 180 valence electrons. The van der Waals surface area contributed by atoms with E-state index in [0.29, 0.717) is 24.6 Å². The summed E-state index contributed by atoms with van der Waals surface area (Å²) in [5.74, 6) is 0.0759. The fourth-order valence-electron chi connectivity index (χ4n) is 4.20. The van der Waals surface area contributed by atoms with Gasteiger partial charge in [-0.15, -0.1) is 0 Å². The van der Waals surface area contributed by atoms with Crippen molar-refractivity contribution in [2.75, 3.05) is 13.2 Å². The van der Waals surface area contributed by atoms with Gasteiger partial charge in [-0.2, -0.15) is 12.6 Å². The molecule has 0 aromatic heterocycles. The second kappa shape index (κ2) is 11.8. The van der Waals surface area contributed by atoms with E-state index in [1.807, 2.05) is 0 Å². The highest BCUT2D eigenvalue weighted by atomic mass is 32.1. The number of carbonyl (C=O) groups is 1. The predicted molar refractivity (Wildman–Crippen MR) is 131 cm³/mol. The van der Waals surface area contributed by atoms with E-state index in [0.717, 1.165) is 36.6 Å². The summed E-state index contributed by atoms with van der Waals surface area (Å²) in [5.41, 5.74) is 2.93. The van der Waals surface area contributed by atoms with Crippen LogP contribution in [-0.4, -0.2) is 30.4 Å². The smallest absolute Gasteiger partial charge is 0.217 e. The van der Waals surface area contributed by atoms with E-state index in [2.05, 4.69) is 42.7 Å². The van der Waals surface area contributed by atoms with Crippen LogP contribution in [-0.2, 0) is 17.6 Å². The highest BCUT2D eigenvalue weighted by Gasteiger charge is 2.25. The molecule has 3 rings (SSSR count). The standard InChI is InChI=1S/C26H34F2N2O2S/c1-16(2)4-5-18-6-7-25-22(12-18)23(8-9-32-25)29-15-26(33)24(30-17(3)31)13-19-10-20(27)14-21(28)11-19/h6-7,10-12,14,16,23-24,26,29,33H,4-5,8-9,13,15H2,1-3H3,(H,30,31)/t23-,24-,26-/m0/s1. The zero-order valence-corrected chi connectivity index (χ0v) is 20.4. The van der Waals surface area contributed by atoms with E-state index >= 15 is 0 Å². The van der Waals surface area contributed by atoms with Crippen molar-refractivity contribution < 1.29 is 18.3 Å². The van der Waals surface area contributed by atoms with Crippen LogP contribution in [0.5, 0.6) is 5.75 Å². The summed E-state index contributed by atoms with van der Waals surface area (Å²) in [6.45, 7) is 7.03. The van der Waals surface area contributed by atoms with E-state index in [1.165, 1.54) is 24.6 Å². The Morgan fingerprint density at radius 1 is 1.15 bits per heavy atom. The Kier molecular flexibility index (Phi) is 9.15. The molecule has 0 saturated heterocycles. The van der Waals surface area contributed by atoms with Crippen LogP contribution in [0.15, 0.2) is 36.4 Å². The minimum absolute atomic E-state index is 0.118. The number of halogens is 2. The number of carbonyl (C=O) groups excluding carboxylic acids is 1. The van der Waals surface area contributed by atoms with Crippen LogP contribution in [0.25, 0.3) is 0 Å². The van der Waals surface area contributed by atoms with Gasteiger partial charge >= 0.3 is 0 Å². The first-order valence-corrected chi connectivity index (χ1v) is 12.1. The van der Waals surface area contributed by atoms with Crippen LogP contribution in [0.1, 0.15) is 56.3 Å². The molecule has 0 bridgehead atoms. The molecule has 2 aromatic rings. The molecule has 0 unspecified atom stereocenters.